The van der Waals surface area contributed by atoms with Crippen molar-refractivity contribution in [2.75, 3.05) is 5.32 Å². The molecule has 5 rings (SSSR count). The first kappa shape index (κ1) is 19.4. The van der Waals surface area contributed by atoms with Gasteiger partial charge in [0.15, 0.2) is 0 Å². The van der Waals surface area contributed by atoms with E-state index in [1.807, 2.05) is 18.2 Å². The number of aromatic amines is 1. The molecule has 3 aromatic rings. The molecule has 0 spiro atoms. The second kappa shape index (κ2) is 7.27. The average Bonchev–Trinajstić information content (AvgIpc) is 3.11. The summed E-state index contributed by atoms with van der Waals surface area (Å²) in [6.07, 6.45) is 5.70. The third-order valence-corrected chi connectivity index (χ3v) is 6.35. The van der Waals surface area contributed by atoms with Crippen molar-refractivity contribution in [3.8, 4) is 0 Å². The van der Waals surface area contributed by atoms with Crippen molar-refractivity contribution in [1.82, 2.24) is 15.6 Å². The zero-order valence-corrected chi connectivity index (χ0v) is 17.3. The fourth-order valence-electron chi connectivity index (χ4n) is 4.58. The highest BCUT2D eigenvalue weighted by Crippen LogP contribution is 2.30. The molecule has 158 valence electrons. The summed E-state index contributed by atoms with van der Waals surface area (Å²) < 4.78 is 0. The monoisotopic (exact) mass is 416 g/mol. The van der Waals surface area contributed by atoms with Crippen LogP contribution in [0.25, 0.3) is 10.9 Å². The molecule has 1 aromatic heterocycles. The number of imide groups is 1. The molecular formula is C24H24N4O3. The quantitative estimate of drug-likeness (QED) is 0.386. The Morgan fingerprint density at radius 1 is 1.03 bits per heavy atom. The van der Waals surface area contributed by atoms with E-state index in [2.05, 4.69) is 20.9 Å². The SMILES string of the molecule is CC1(c2cccc(NC(=O)c3ccc4[nH]c5c(c4c3)CCCCC5)c2)NC(=O)NC1=O. The number of hydrogen-bond donors (Lipinski definition) is 4. The fourth-order valence-corrected chi connectivity index (χ4v) is 4.58. The van der Waals surface area contributed by atoms with Crippen LogP contribution in [-0.2, 0) is 23.2 Å². The minimum absolute atomic E-state index is 0.215. The number of benzene rings is 2. The topological polar surface area (TPSA) is 103 Å². The van der Waals surface area contributed by atoms with Crippen LogP contribution < -0.4 is 16.0 Å². The molecule has 1 unspecified atom stereocenters. The van der Waals surface area contributed by atoms with E-state index < -0.39 is 17.5 Å². The molecular weight excluding hydrogens is 392 g/mol. The second-order valence-corrected chi connectivity index (χ2v) is 8.47. The number of rotatable bonds is 3. The Labute approximate surface area is 179 Å². The number of hydrogen-bond acceptors (Lipinski definition) is 3. The van der Waals surface area contributed by atoms with Gasteiger partial charge in [-0.15, -0.1) is 0 Å². The molecule has 2 aromatic carbocycles. The second-order valence-electron chi connectivity index (χ2n) is 8.47. The molecule has 2 aliphatic rings. The third-order valence-electron chi connectivity index (χ3n) is 6.35. The van der Waals surface area contributed by atoms with E-state index in [0.717, 1.165) is 23.7 Å². The average molecular weight is 416 g/mol. The van der Waals surface area contributed by atoms with Crippen LogP contribution >= 0.6 is 0 Å². The predicted molar refractivity (Wildman–Crippen MR) is 118 cm³/mol. The molecule has 1 atom stereocenters. The first-order chi connectivity index (χ1) is 14.9. The zero-order chi connectivity index (χ0) is 21.6. The standard InChI is InChI=1S/C24H24N4O3/c1-24(22(30)27-23(31)28-24)15-6-5-7-16(13-15)25-21(29)14-10-11-20-18(12-14)17-8-3-2-4-9-19(17)26-20/h5-7,10-13,26H,2-4,8-9H2,1H3,(H,25,29)(H2,27,28,30,31). The van der Waals surface area contributed by atoms with Gasteiger partial charge in [0.2, 0.25) is 0 Å². The summed E-state index contributed by atoms with van der Waals surface area (Å²) in [6.45, 7) is 1.64. The van der Waals surface area contributed by atoms with Crippen LogP contribution in [-0.4, -0.2) is 22.8 Å². The minimum Gasteiger partial charge on any atom is -0.358 e. The maximum atomic E-state index is 13.0. The summed E-state index contributed by atoms with van der Waals surface area (Å²) in [4.78, 5) is 40.3. The molecule has 0 saturated carbocycles. The molecule has 1 saturated heterocycles. The lowest BCUT2D eigenvalue weighted by atomic mass is 9.92. The molecule has 0 radical (unpaired) electrons. The number of nitrogens with one attached hydrogen (secondary N) is 4. The lowest BCUT2D eigenvalue weighted by Gasteiger charge is -2.21. The van der Waals surface area contributed by atoms with Gasteiger partial charge in [0.25, 0.3) is 11.8 Å². The largest absolute Gasteiger partial charge is 0.358 e. The Hall–Kier alpha value is -3.61. The molecule has 2 heterocycles. The number of aryl methyl sites for hydroxylation is 2. The number of H-pyrrole nitrogens is 1. The maximum Gasteiger partial charge on any atom is 0.322 e. The summed E-state index contributed by atoms with van der Waals surface area (Å²) in [5, 5.41) is 8.94. The highest BCUT2D eigenvalue weighted by atomic mass is 16.2. The molecule has 31 heavy (non-hydrogen) atoms. The van der Waals surface area contributed by atoms with Gasteiger partial charge in [-0.05, 0) is 74.1 Å². The van der Waals surface area contributed by atoms with E-state index in [-0.39, 0.29) is 5.91 Å². The van der Waals surface area contributed by atoms with Crippen molar-refractivity contribution in [3.05, 3.63) is 64.8 Å². The maximum absolute atomic E-state index is 13.0. The fraction of sp³-hybridized carbons (Fsp3) is 0.292. The van der Waals surface area contributed by atoms with Crippen molar-refractivity contribution in [2.45, 2.75) is 44.6 Å². The minimum atomic E-state index is -1.17. The van der Waals surface area contributed by atoms with Crippen LogP contribution in [0.3, 0.4) is 0 Å². The number of amides is 4. The molecule has 7 heteroatoms. The Bertz CT molecular complexity index is 1230. The van der Waals surface area contributed by atoms with Gasteiger partial charge in [0.05, 0.1) is 0 Å². The summed E-state index contributed by atoms with van der Waals surface area (Å²) in [6, 6.07) is 12.2. The Morgan fingerprint density at radius 2 is 1.87 bits per heavy atom. The highest BCUT2D eigenvalue weighted by Gasteiger charge is 2.43. The van der Waals surface area contributed by atoms with Gasteiger partial charge in [-0.2, -0.15) is 0 Å². The highest BCUT2D eigenvalue weighted by molar-refractivity contribution is 6.08. The molecule has 1 aliphatic carbocycles. The van der Waals surface area contributed by atoms with Gasteiger partial charge in [-0.25, -0.2) is 4.79 Å². The van der Waals surface area contributed by atoms with Crippen LogP contribution in [0.5, 0.6) is 0 Å². The number of aromatic nitrogens is 1. The van der Waals surface area contributed by atoms with Gasteiger partial charge >= 0.3 is 6.03 Å². The first-order valence-electron chi connectivity index (χ1n) is 10.6. The number of carbonyl (C=O) groups is 3. The van der Waals surface area contributed by atoms with Gasteiger partial charge in [0, 0.05) is 27.8 Å². The van der Waals surface area contributed by atoms with Gasteiger partial charge in [0.1, 0.15) is 5.54 Å². The molecule has 4 N–H and O–H groups in total. The van der Waals surface area contributed by atoms with Crippen LogP contribution in [0.1, 0.15) is 53.4 Å². The van der Waals surface area contributed by atoms with Gasteiger partial charge in [-0.1, -0.05) is 18.6 Å². The first-order valence-corrected chi connectivity index (χ1v) is 10.6. The van der Waals surface area contributed by atoms with Crippen molar-refractivity contribution < 1.29 is 14.4 Å². The van der Waals surface area contributed by atoms with E-state index in [0.29, 0.717) is 16.8 Å². The van der Waals surface area contributed by atoms with E-state index in [1.165, 1.54) is 30.5 Å². The summed E-state index contributed by atoms with van der Waals surface area (Å²) in [5.74, 6) is -0.632. The number of fused-ring (bicyclic) bond motifs is 3. The summed E-state index contributed by atoms with van der Waals surface area (Å²) in [5.41, 5.74) is 4.27. The Kier molecular flexibility index (Phi) is 4.54. The molecule has 7 nitrogen and oxygen atoms in total. The van der Waals surface area contributed by atoms with Crippen molar-refractivity contribution >= 4 is 34.4 Å². The van der Waals surface area contributed by atoms with Crippen LogP contribution in [0.15, 0.2) is 42.5 Å². The van der Waals surface area contributed by atoms with Gasteiger partial charge in [-0.3, -0.25) is 14.9 Å². The Morgan fingerprint density at radius 3 is 2.68 bits per heavy atom. The lowest BCUT2D eigenvalue weighted by molar-refractivity contribution is -0.123. The molecule has 0 bridgehead atoms. The van der Waals surface area contributed by atoms with E-state index >= 15 is 0 Å². The smallest absolute Gasteiger partial charge is 0.322 e. The van der Waals surface area contributed by atoms with E-state index in [1.54, 1.807) is 31.2 Å². The van der Waals surface area contributed by atoms with Crippen molar-refractivity contribution in [3.63, 3.8) is 0 Å². The summed E-state index contributed by atoms with van der Waals surface area (Å²) in [7, 11) is 0. The number of anilines is 1. The van der Waals surface area contributed by atoms with Crippen molar-refractivity contribution in [1.29, 1.82) is 0 Å². The predicted octanol–water partition coefficient (Wildman–Crippen LogP) is 3.74. The van der Waals surface area contributed by atoms with Crippen molar-refractivity contribution in [2.24, 2.45) is 0 Å². The van der Waals surface area contributed by atoms with Crippen LogP contribution in [0.2, 0.25) is 0 Å². The van der Waals surface area contributed by atoms with E-state index in [9.17, 15) is 14.4 Å². The van der Waals surface area contributed by atoms with Crippen LogP contribution in [0, 0.1) is 0 Å². The Balaban J connectivity index is 1.42. The third kappa shape index (κ3) is 3.36. The number of urea groups is 1. The normalized spacial score (nSPS) is 20.7. The van der Waals surface area contributed by atoms with Gasteiger partial charge < -0.3 is 15.6 Å². The molecule has 1 fully saturated rings. The molecule has 4 amide bonds. The summed E-state index contributed by atoms with van der Waals surface area (Å²) >= 11 is 0. The lowest BCUT2D eigenvalue weighted by Crippen LogP contribution is -2.40. The number of carbonyl (C=O) groups excluding carboxylic acids is 3. The van der Waals surface area contributed by atoms with Crippen LogP contribution in [0.4, 0.5) is 10.5 Å². The molecule has 1 aliphatic heterocycles. The zero-order valence-electron chi connectivity index (χ0n) is 17.3. The van der Waals surface area contributed by atoms with E-state index in [4.69, 9.17) is 0 Å².